The summed E-state index contributed by atoms with van der Waals surface area (Å²) in [6, 6.07) is 0. The molecule has 0 aliphatic carbocycles. The van der Waals surface area contributed by atoms with Gasteiger partial charge in [-0.3, -0.25) is 0 Å². The standard InChI is InChI=1S/C12H26O4S.K/c1-3-4-9-12(17(14,15)16)10-7-5-6-8-11(2)13;/h11-13H,3-10H2,1-2H3,(H,14,15,16);/q;+1/p-1. The molecule has 0 aromatic heterocycles. The maximum Gasteiger partial charge on any atom is 1.00 e. The summed E-state index contributed by atoms with van der Waals surface area (Å²) in [5, 5.41) is 8.35. The molecule has 18 heavy (non-hydrogen) atoms. The molecule has 0 heterocycles. The number of hydrogen-bond donors (Lipinski definition) is 1. The normalized spacial score (nSPS) is 14.9. The van der Waals surface area contributed by atoms with Crippen LogP contribution in [0.5, 0.6) is 0 Å². The first-order valence-corrected chi connectivity index (χ1v) is 7.97. The van der Waals surface area contributed by atoms with E-state index < -0.39 is 15.4 Å². The number of hydrogen-bond acceptors (Lipinski definition) is 4. The first kappa shape index (κ1) is 21.8. The van der Waals surface area contributed by atoms with Crippen LogP contribution < -0.4 is 51.4 Å². The molecule has 0 spiro atoms. The van der Waals surface area contributed by atoms with Gasteiger partial charge < -0.3 is 9.66 Å². The summed E-state index contributed by atoms with van der Waals surface area (Å²) < 4.78 is 33.0. The van der Waals surface area contributed by atoms with E-state index in [0.29, 0.717) is 12.8 Å². The zero-order valence-corrected chi connectivity index (χ0v) is 15.8. The minimum Gasteiger partial charge on any atom is -0.748 e. The minimum atomic E-state index is -4.14. The quantitative estimate of drug-likeness (QED) is 0.333. The van der Waals surface area contributed by atoms with Gasteiger partial charge in [-0.2, -0.15) is 0 Å². The van der Waals surface area contributed by atoms with Gasteiger partial charge in [-0.15, -0.1) is 0 Å². The molecule has 2 atom stereocenters. The minimum absolute atomic E-state index is 0. The second kappa shape index (κ2) is 12.3. The topological polar surface area (TPSA) is 77.4 Å². The molecule has 6 heteroatoms. The third-order valence-corrected chi connectivity index (χ3v) is 4.22. The summed E-state index contributed by atoms with van der Waals surface area (Å²) in [5.41, 5.74) is 0. The van der Waals surface area contributed by atoms with Crippen molar-refractivity contribution in [3.05, 3.63) is 0 Å². The molecule has 0 amide bonds. The molecule has 0 bridgehead atoms. The van der Waals surface area contributed by atoms with Crippen LogP contribution >= 0.6 is 0 Å². The van der Waals surface area contributed by atoms with Crippen LogP contribution in [0.15, 0.2) is 0 Å². The summed E-state index contributed by atoms with van der Waals surface area (Å²) in [4.78, 5) is 0. The van der Waals surface area contributed by atoms with Gasteiger partial charge in [-0.25, -0.2) is 8.42 Å². The van der Waals surface area contributed by atoms with E-state index in [1.165, 1.54) is 0 Å². The van der Waals surface area contributed by atoms with Gasteiger partial charge in [0.05, 0.1) is 16.2 Å². The third-order valence-electron chi connectivity index (χ3n) is 2.94. The number of rotatable bonds is 10. The first-order valence-electron chi connectivity index (χ1n) is 6.50. The Morgan fingerprint density at radius 1 is 1.06 bits per heavy atom. The van der Waals surface area contributed by atoms with Crippen LogP contribution in [0, 0.1) is 0 Å². The van der Waals surface area contributed by atoms with Crippen LogP contribution in [0.3, 0.4) is 0 Å². The fourth-order valence-corrected chi connectivity index (χ4v) is 2.76. The molecule has 0 saturated carbocycles. The number of aliphatic hydroxyl groups excluding tert-OH is 1. The molecule has 0 aromatic carbocycles. The van der Waals surface area contributed by atoms with E-state index in [9.17, 15) is 13.0 Å². The maximum absolute atomic E-state index is 11.0. The Balaban J connectivity index is 0. The molecule has 1 N–H and O–H groups in total. The Bertz CT molecular complexity index is 278. The average molecular weight is 304 g/mol. The zero-order chi connectivity index (χ0) is 13.3. The van der Waals surface area contributed by atoms with Crippen LogP contribution in [0.2, 0.25) is 0 Å². The summed E-state index contributed by atoms with van der Waals surface area (Å²) in [5.74, 6) is 0. The zero-order valence-electron chi connectivity index (χ0n) is 11.9. The molecule has 0 aromatic rings. The smallest absolute Gasteiger partial charge is 0.748 e. The van der Waals surface area contributed by atoms with Gasteiger partial charge in [0, 0.05) is 5.25 Å². The molecular formula is C12H25KO4S. The third kappa shape index (κ3) is 12.5. The molecule has 104 valence electrons. The monoisotopic (exact) mass is 304 g/mol. The average Bonchev–Trinajstić information content (AvgIpc) is 2.19. The summed E-state index contributed by atoms with van der Waals surface area (Å²) in [6.07, 6.45) is 5.61. The van der Waals surface area contributed by atoms with Gasteiger partial charge in [0.2, 0.25) is 0 Å². The Kier molecular flexibility index (Phi) is 14.9. The fraction of sp³-hybridized carbons (Fsp3) is 1.00. The van der Waals surface area contributed by atoms with E-state index in [1.54, 1.807) is 6.92 Å². The van der Waals surface area contributed by atoms with Crippen molar-refractivity contribution in [2.24, 2.45) is 0 Å². The van der Waals surface area contributed by atoms with Gasteiger partial charge in [0.25, 0.3) is 0 Å². The van der Waals surface area contributed by atoms with Gasteiger partial charge in [0.15, 0.2) is 0 Å². The molecule has 4 nitrogen and oxygen atoms in total. The Hall–Kier alpha value is 1.51. The van der Waals surface area contributed by atoms with Crippen molar-refractivity contribution in [1.82, 2.24) is 0 Å². The van der Waals surface area contributed by atoms with Gasteiger partial charge in [0.1, 0.15) is 0 Å². The van der Waals surface area contributed by atoms with Crippen LogP contribution in [0.4, 0.5) is 0 Å². The SMILES string of the molecule is CCCCC(CCCCCC(C)O)S(=O)(=O)[O-].[K+]. The van der Waals surface area contributed by atoms with Crippen molar-refractivity contribution in [2.75, 3.05) is 0 Å². The Labute approximate surface area is 154 Å². The predicted octanol–water partition coefficient (Wildman–Crippen LogP) is -0.574. The van der Waals surface area contributed by atoms with Gasteiger partial charge in [-0.1, -0.05) is 39.0 Å². The molecule has 0 fully saturated rings. The van der Waals surface area contributed by atoms with Gasteiger partial charge >= 0.3 is 51.4 Å². The van der Waals surface area contributed by atoms with E-state index in [4.69, 9.17) is 5.11 Å². The maximum atomic E-state index is 11.0. The van der Waals surface area contributed by atoms with Crippen LogP contribution in [-0.4, -0.2) is 29.4 Å². The van der Waals surface area contributed by atoms with Crippen molar-refractivity contribution in [3.8, 4) is 0 Å². The molecule has 0 saturated heterocycles. The molecular weight excluding hydrogens is 279 g/mol. The Morgan fingerprint density at radius 3 is 2.00 bits per heavy atom. The van der Waals surface area contributed by atoms with Crippen LogP contribution in [0.25, 0.3) is 0 Å². The molecule has 0 aliphatic rings. The van der Waals surface area contributed by atoms with Crippen molar-refractivity contribution < 1.29 is 69.5 Å². The van der Waals surface area contributed by atoms with E-state index in [1.807, 2.05) is 6.92 Å². The van der Waals surface area contributed by atoms with E-state index >= 15 is 0 Å². The predicted molar refractivity (Wildman–Crippen MR) is 67.8 cm³/mol. The van der Waals surface area contributed by atoms with Crippen molar-refractivity contribution >= 4 is 10.1 Å². The van der Waals surface area contributed by atoms with Crippen molar-refractivity contribution in [3.63, 3.8) is 0 Å². The largest absolute Gasteiger partial charge is 1.00 e. The van der Waals surface area contributed by atoms with E-state index in [0.717, 1.165) is 38.5 Å². The summed E-state index contributed by atoms with van der Waals surface area (Å²) >= 11 is 0. The van der Waals surface area contributed by atoms with Gasteiger partial charge in [-0.05, 0) is 26.2 Å². The summed E-state index contributed by atoms with van der Waals surface area (Å²) in [7, 11) is -4.14. The number of unbranched alkanes of at least 4 members (excludes halogenated alkanes) is 3. The second-order valence-corrected chi connectivity index (χ2v) is 6.40. The molecule has 2 unspecified atom stereocenters. The van der Waals surface area contributed by atoms with Crippen LogP contribution in [-0.2, 0) is 10.1 Å². The summed E-state index contributed by atoms with van der Waals surface area (Å²) in [6.45, 7) is 3.73. The molecule has 0 aliphatic heterocycles. The Morgan fingerprint density at radius 2 is 1.56 bits per heavy atom. The first-order chi connectivity index (χ1) is 7.88. The van der Waals surface area contributed by atoms with Crippen LogP contribution in [0.1, 0.15) is 65.2 Å². The fourth-order valence-electron chi connectivity index (χ4n) is 1.85. The van der Waals surface area contributed by atoms with Crippen molar-refractivity contribution in [1.29, 1.82) is 0 Å². The molecule has 0 radical (unpaired) electrons. The second-order valence-electron chi connectivity index (χ2n) is 4.74. The van der Waals surface area contributed by atoms with E-state index in [2.05, 4.69) is 0 Å². The van der Waals surface area contributed by atoms with E-state index in [-0.39, 0.29) is 57.5 Å². The number of aliphatic hydroxyl groups is 1. The molecule has 0 rings (SSSR count). The van der Waals surface area contributed by atoms with Crippen molar-refractivity contribution in [2.45, 2.75) is 76.6 Å².